The summed E-state index contributed by atoms with van der Waals surface area (Å²) in [6, 6.07) is 9.13. The predicted octanol–water partition coefficient (Wildman–Crippen LogP) is 2.43. The molecule has 0 radical (unpaired) electrons. The number of rotatable bonds is 4. The van der Waals surface area contributed by atoms with E-state index in [1.807, 2.05) is 0 Å². The second-order valence-electron chi connectivity index (χ2n) is 3.96. The smallest absolute Gasteiger partial charge is 0.338 e. The number of nitrogens with one attached hydrogen (secondary N) is 1. The summed E-state index contributed by atoms with van der Waals surface area (Å²) >= 11 is 3.18. The van der Waals surface area contributed by atoms with Gasteiger partial charge in [0.15, 0.2) is 0 Å². The van der Waals surface area contributed by atoms with Gasteiger partial charge >= 0.3 is 5.97 Å². The summed E-state index contributed by atoms with van der Waals surface area (Å²) in [6.07, 6.45) is 1.32. The van der Waals surface area contributed by atoms with Crippen molar-refractivity contribution in [2.75, 3.05) is 11.8 Å². The highest BCUT2D eigenvalue weighted by atomic mass is 79.9. The summed E-state index contributed by atoms with van der Waals surface area (Å²) in [5.74, 6) is -0.535. The molecule has 0 bridgehead atoms. The molecule has 0 amide bonds. The first-order chi connectivity index (χ1) is 9.94. The zero-order valence-corrected chi connectivity index (χ0v) is 13.3. The van der Waals surface area contributed by atoms with E-state index in [2.05, 4.69) is 30.4 Å². The Balaban J connectivity index is 2.34. The number of carbonyl (C=O) groups is 1. The minimum absolute atomic E-state index is 0.0358. The van der Waals surface area contributed by atoms with Gasteiger partial charge in [-0.25, -0.2) is 18.2 Å². The number of methoxy groups -OCH3 is 1. The van der Waals surface area contributed by atoms with Crippen molar-refractivity contribution in [1.29, 1.82) is 0 Å². The fourth-order valence-corrected chi connectivity index (χ4v) is 3.59. The van der Waals surface area contributed by atoms with Crippen LogP contribution in [0.2, 0.25) is 0 Å². The lowest BCUT2D eigenvalue weighted by Gasteiger charge is -2.09. The number of hydrogen-bond acceptors (Lipinski definition) is 5. The van der Waals surface area contributed by atoms with Crippen LogP contribution in [0.15, 0.2) is 52.0 Å². The molecule has 1 aromatic carbocycles. The average Bonchev–Trinajstić information content (AvgIpc) is 2.46. The van der Waals surface area contributed by atoms with Gasteiger partial charge < -0.3 is 4.74 Å². The van der Waals surface area contributed by atoms with Crippen molar-refractivity contribution in [3.8, 4) is 0 Å². The lowest BCUT2D eigenvalue weighted by atomic mass is 10.3. The molecule has 0 fully saturated rings. The first-order valence-corrected chi connectivity index (χ1v) is 8.03. The second kappa shape index (κ2) is 6.23. The van der Waals surface area contributed by atoms with Gasteiger partial charge in [0.2, 0.25) is 0 Å². The lowest BCUT2D eigenvalue weighted by molar-refractivity contribution is 0.0600. The zero-order chi connectivity index (χ0) is 15.5. The number of aromatic nitrogens is 1. The quantitative estimate of drug-likeness (QED) is 0.835. The molecule has 2 aromatic rings. The summed E-state index contributed by atoms with van der Waals surface area (Å²) < 4.78 is 31.9. The number of ether oxygens (including phenoxy) is 1. The number of nitrogens with zero attached hydrogens (tertiary/aromatic N) is 1. The van der Waals surface area contributed by atoms with Crippen LogP contribution in [0.3, 0.4) is 0 Å². The first kappa shape index (κ1) is 15.5. The van der Waals surface area contributed by atoms with Crippen molar-refractivity contribution >= 4 is 37.7 Å². The Hall–Kier alpha value is -1.93. The van der Waals surface area contributed by atoms with E-state index in [1.165, 1.54) is 31.5 Å². The molecule has 0 unspecified atom stereocenters. The molecule has 0 aliphatic carbocycles. The van der Waals surface area contributed by atoms with E-state index in [1.54, 1.807) is 18.2 Å². The maximum atomic E-state index is 12.3. The van der Waals surface area contributed by atoms with Crippen LogP contribution in [0.1, 0.15) is 10.4 Å². The topological polar surface area (TPSA) is 85.4 Å². The third-order valence-electron chi connectivity index (χ3n) is 2.55. The Morgan fingerprint density at radius 1 is 1.29 bits per heavy atom. The van der Waals surface area contributed by atoms with E-state index < -0.39 is 16.0 Å². The largest absolute Gasteiger partial charge is 0.465 e. The van der Waals surface area contributed by atoms with Gasteiger partial charge in [-0.1, -0.05) is 12.1 Å². The molecule has 0 saturated heterocycles. The molecule has 0 saturated carbocycles. The molecular formula is C13H11BrN2O4S. The number of esters is 1. The number of carbonyl (C=O) groups excluding carboxylic acids is 1. The highest BCUT2D eigenvalue weighted by Gasteiger charge is 2.18. The Bertz CT molecular complexity index is 777. The second-order valence-corrected chi connectivity index (χ2v) is 6.46. The van der Waals surface area contributed by atoms with Gasteiger partial charge in [-0.15, -0.1) is 0 Å². The van der Waals surface area contributed by atoms with Gasteiger partial charge in [0, 0.05) is 10.7 Å². The van der Waals surface area contributed by atoms with Crippen molar-refractivity contribution in [3.63, 3.8) is 0 Å². The van der Waals surface area contributed by atoms with Crippen LogP contribution in [0.4, 0.5) is 5.82 Å². The molecule has 1 aromatic heterocycles. The van der Waals surface area contributed by atoms with E-state index in [4.69, 9.17) is 0 Å². The number of halogens is 1. The number of anilines is 1. The molecule has 1 N–H and O–H groups in total. The minimum Gasteiger partial charge on any atom is -0.465 e. The third kappa shape index (κ3) is 3.59. The fourth-order valence-electron chi connectivity index (χ4n) is 1.59. The Morgan fingerprint density at radius 3 is 2.67 bits per heavy atom. The van der Waals surface area contributed by atoms with Crippen molar-refractivity contribution in [1.82, 2.24) is 4.98 Å². The molecule has 6 nitrogen and oxygen atoms in total. The third-order valence-corrected chi connectivity index (χ3v) is 4.91. The van der Waals surface area contributed by atoms with E-state index in [0.717, 1.165) is 0 Å². The molecular weight excluding hydrogens is 360 g/mol. The summed E-state index contributed by atoms with van der Waals surface area (Å²) in [5, 5.41) is 0. The van der Waals surface area contributed by atoms with Gasteiger partial charge in [-0.2, -0.15) is 0 Å². The molecule has 1 heterocycles. The first-order valence-electron chi connectivity index (χ1n) is 5.76. The van der Waals surface area contributed by atoms with Crippen molar-refractivity contribution in [3.05, 3.63) is 52.6 Å². The Labute approximate surface area is 130 Å². The standard InChI is InChI=1S/C13H11BrN2O4S/c1-20-13(17)9-6-7-15-12(8-9)16-21(18,19)11-5-3-2-4-10(11)14/h2-8H,1H3,(H,15,16). The number of hydrogen-bond donors (Lipinski definition) is 1. The highest BCUT2D eigenvalue weighted by molar-refractivity contribution is 9.10. The summed E-state index contributed by atoms with van der Waals surface area (Å²) in [7, 11) is -2.56. The van der Waals surface area contributed by atoms with Crippen molar-refractivity contribution < 1.29 is 17.9 Å². The van der Waals surface area contributed by atoms with Gasteiger partial charge in [0.25, 0.3) is 10.0 Å². The van der Waals surface area contributed by atoms with E-state index in [-0.39, 0.29) is 16.3 Å². The van der Waals surface area contributed by atoms with Crippen molar-refractivity contribution in [2.45, 2.75) is 4.90 Å². The monoisotopic (exact) mass is 370 g/mol. The summed E-state index contributed by atoms with van der Waals surface area (Å²) in [4.78, 5) is 15.4. The maximum Gasteiger partial charge on any atom is 0.338 e. The van der Waals surface area contributed by atoms with E-state index in [0.29, 0.717) is 4.47 Å². The van der Waals surface area contributed by atoms with E-state index >= 15 is 0 Å². The maximum absolute atomic E-state index is 12.3. The summed E-state index contributed by atoms with van der Waals surface area (Å²) in [6.45, 7) is 0. The highest BCUT2D eigenvalue weighted by Crippen LogP contribution is 2.23. The van der Waals surface area contributed by atoms with Crippen LogP contribution in [-0.4, -0.2) is 26.5 Å². The Kier molecular flexibility index (Phi) is 4.59. The van der Waals surface area contributed by atoms with E-state index in [9.17, 15) is 13.2 Å². The van der Waals surface area contributed by atoms with Gasteiger partial charge in [0.05, 0.1) is 12.7 Å². The van der Waals surface area contributed by atoms with Gasteiger partial charge in [0.1, 0.15) is 10.7 Å². The fraction of sp³-hybridized carbons (Fsp3) is 0.0769. The molecule has 2 rings (SSSR count). The van der Waals surface area contributed by atoms with Crippen LogP contribution >= 0.6 is 15.9 Å². The number of sulfonamides is 1. The van der Waals surface area contributed by atoms with Gasteiger partial charge in [-0.05, 0) is 40.2 Å². The SMILES string of the molecule is COC(=O)c1ccnc(NS(=O)(=O)c2ccccc2Br)c1. The summed E-state index contributed by atoms with van der Waals surface area (Å²) in [5.41, 5.74) is 0.206. The zero-order valence-electron chi connectivity index (χ0n) is 10.9. The molecule has 0 aliphatic rings. The van der Waals surface area contributed by atoms with Crippen LogP contribution in [-0.2, 0) is 14.8 Å². The molecule has 21 heavy (non-hydrogen) atoms. The molecule has 110 valence electrons. The molecule has 0 atom stereocenters. The van der Waals surface area contributed by atoms with Crippen LogP contribution < -0.4 is 4.72 Å². The lowest BCUT2D eigenvalue weighted by Crippen LogP contribution is -2.15. The molecule has 0 aliphatic heterocycles. The van der Waals surface area contributed by atoms with Crippen LogP contribution in [0, 0.1) is 0 Å². The van der Waals surface area contributed by atoms with Crippen LogP contribution in [0.5, 0.6) is 0 Å². The average molecular weight is 371 g/mol. The molecule has 0 spiro atoms. The normalized spacial score (nSPS) is 11.0. The van der Waals surface area contributed by atoms with Crippen LogP contribution in [0.25, 0.3) is 0 Å². The minimum atomic E-state index is -3.80. The molecule has 8 heteroatoms. The van der Waals surface area contributed by atoms with Crippen molar-refractivity contribution in [2.24, 2.45) is 0 Å². The predicted molar refractivity (Wildman–Crippen MR) is 80.5 cm³/mol. The van der Waals surface area contributed by atoms with Gasteiger partial charge in [-0.3, -0.25) is 4.72 Å². The Morgan fingerprint density at radius 2 is 2.00 bits per heavy atom. The number of pyridine rings is 1. The number of benzene rings is 1.